The Hall–Kier alpha value is -2.94. The van der Waals surface area contributed by atoms with Crippen LogP contribution < -0.4 is 5.32 Å². The zero-order valence-electron chi connectivity index (χ0n) is 16.8. The van der Waals surface area contributed by atoms with Crippen molar-refractivity contribution in [3.05, 3.63) is 35.9 Å². The number of esters is 1. The van der Waals surface area contributed by atoms with Crippen LogP contribution in [0.25, 0.3) is 0 Å². The Morgan fingerprint density at radius 1 is 1.28 bits per heavy atom. The quantitative estimate of drug-likeness (QED) is 0.586. The van der Waals surface area contributed by atoms with E-state index >= 15 is 0 Å². The second-order valence-electron chi connectivity index (χ2n) is 6.94. The molecule has 158 valence electrons. The zero-order valence-corrected chi connectivity index (χ0v) is 16.8. The number of carbonyl (C=O) groups is 4. The van der Waals surface area contributed by atoms with Gasteiger partial charge in [-0.05, 0) is 32.3 Å². The van der Waals surface area contributed by atoms with Crippen LogP contribution in [0, 0.1) is 0 Å². The summed E-state index contributed by atoms with van der Waals surface area (Å²) >= 11 is 0. The van der Waals surface area contributed by atoms with Crippen LogP contribution in [-0.4, -0.2) is 77.1 Å². The second-order valence-corrected chi connectivity index (χ2v) is 6.94. The standard InChI is InChI=1S/C20H27N3O6/c1-4-29-19(27)15(11-10-14-8-6-5-7-9-14)21-13(2)17(24)23-16(18(25)26)12-22(3)20(23)28/h5-9,13,15-16,21H,4,10-12H2,1-3H3,(H,25,26)/t13?,15?,16-/m0/s1. The third kappa shape index (κ3) is 5.54. The van der Waals surface area contributed by atoms with Gasteiger partial charge in [0.25, 0.3) is 0 Å². The smallest absolute Gasteiger partial charge is 0.328 e. The van der Waals surface area contributed by atoms with E-state index in [4.69, 9.17) is 4.74 Å². The average molecular weight is 405 g/mol. The summed E-state index contributed by atoms with van der Waals surface area (Å²) in [6.45, 7) is 3.31. The lowest BCUT2D eigenvalue weighted by Gasteiger charge is -2.26. The van der Waals surface area contributed by atoms with E-state index in [2.05, 4.69) is 5.32 Å². The van der Waals surface area contributed by atoms with Gasteiger partial charge < -0.3 is 14.7 Å². The molecule has 3 atom stereocenters. The van der Waals surface area contributed by atoms with Crippen LogP contribution in [0.15, 0.2) is 30.3 Å². The summed E-state index contributed by atoms with van der Waals surface area (Å²) in [6, 6.07) is 5.92. The van der Waals surface area contributed by atoms with Gasteiger partial charge in [-0.2, -0.15) is 0 Å². The number of nitrogens with zero attached hydrogens (tertiary/aromatic N) is 2. The van der Waals surface area contributed by atoms with Gasteiger partial charge in [0.2, 0.25) is 5.91 Å². The van der Waals surface area contributed by atoms with Gasteiger partial charge in [-0.3, -0.25) is 14.9 Å². The maximum atomic E-state index is 12.8. The van der Waals surface area contributed by atoms with E-state index in [1.165, 1.54) is 18.9 Å². The molecule has 0 radical (unpaired) electrons. The van der Waals surface area contributed by atoms with Crippen LogP contribution in [0.3, 0.4) is 0 Å². The van der Waals surface area contributed by atoms with Crippen LogP contribution in [0.5, 0.6) is 0 Å². The molecule has 1 aliphatic rings. The number of likely N-dealkylation sites (N-methyl/N-ethyl adjacent to an activating group) is 1. The zero-order chi connectivity index (χ0) is 21.6. The van der Waals surface area contributed by atoms with Crippen molar-refractivity contribution in [3.8, 4) is 0 Å². The van der Waals surface area contributed by atoms with Crippen LogP contribution in [0.1, 0.15) is 25.8 Å². The Kier molecular flexibility index (Phi) is 7.72. The molecule has 1 fully saturated rings. The number of imide groups is 1. The molecule has 9 heteroatoms. The maximum absolute atomic E-state index is 12.8. The first-order valence-corrected chi connectivity index (χ1v) is 9.53. The van der Waals surface area contributed by atoms with Crippen molar-refractivity contribution in [3.63, 3.8) is 0 Å². The molecule has 29 heavy (non-hydrogen) atoms. The molecular weight excluding hydrogens is 378 g/mol. The van der Waals surface area contributed by atoms with Gasteiger partial charge in [-0.1, -0.05) is 30.3 Å². The fourth-order valence-electron chi connectivity index (χ4n) is 3.22. The molecule has 2 unspecified atom stereocenters. The predicted octanol–water partition coefficient (Wildman–Crippen LogP) is 0.876. The molecule has 0 aliphatic carbocycles. The number of rotatable bonds is 9. The lowest BCUT2D eigenvalue weighted by atomic mass is 10.0. The van der Waals surface area contributed by atoms with Gasteiger partial charge >= 0.3 is 18.0 Å². The molecule has 0 bridgehead atoms. The highest BCUT2D eigenvalue weighted by Crippen LogP contribution is 2.17. The number of carboxylic acid groups (broad SMARTS) is 1. The topological polar surface area (TPSA) is 116 Å². The van der Waals surface area contributed by atoms with E-state index in [1.54, 1.807) is 6.92 Å². The number of benzene rings is 1. The minimum absolute atomic E-state index is 0.0814. The monoisotopic (exact) mass is 405 g/mol. The first-order chi connectivity index (χ1) is 13.8. The number of aliphatic carboxylic acids is 1. The number of hydrogen-bond donors (Lipinski definition) is 2. The molecule has 3 amide bonds. The Bertz CT molecular complexity index is 754. The van der Waals surface area contributed by atoms with E-state index in [0.29, 0.717) is 12.8 Å². The molecule has 1 saturated heterocycles. The van der Waals surface area contributed by atoms with Crippen molar-refractivity contribution < 1.29 is 29.0 Å². The Labute approximate surface area is 169 Å². The number of nitrogens with one attached hydrogen (secondary N) is 1. The van der Waals surface area contributed by atoms with Gasteiger partial charge in [0, 0.05) is 7.05 Å². The normalized spacial score (nSPS) is 18.4. The predicted molar refractivity (Wildman–Crippen MR) is 104 cm³/mol. The van der Waals surface area contributed by atoms with E-state index in [1.807, 2.05) is 30.3 Å². The molecule has 2 rings (SSSR count). The summed E-state index contributed by atoms with van der Waals surface area (Å²) < 4.78 is 5.10. The summed E-state index contributed by atoms with van der Waals surface area (Å²) in [5.41, 5.74) is 1.03. The van der Waals surface area contributed by atoms with Gasteiger partial charge in [0.05, 0.1) is 19.2 Å². The molecule has 0 spiro atoms. The summed E-state index contributed by atoms with van der Waals surface area (Å²) in [6.07, 6.45) is 0.970. The minimum atomic E-state index is -1.26. The lowest BCUT2D eigenvalue weighted by molar-refractivity contribution is -0.148. The highest BCUT2D eigenvalue weighted by molar-refractivity contribution is 6.02. The largest absolute Gasteiger partial charge is 0.480 e. The van der Waals surface area contributed by atoms with Crippen molar-refractivity contribution in [1.82, 2.24) is 15.1 Å². The molecule has 1 aliphatic heterocycles. The fraction of sp³-hybridized carbons (Fsp3) is 0.500. The van der Waals surface area contributed by atoms with Crippen LogP contribution >= 0.6 is 0 Å². The Balaban J connectivity index is 2.09. The SMILES string of the molecule is CCOC(=O)C(CCc1ccccc1)NC(C)C(=O)N1C(=O)N(C)C[C@H]1C(=O)O. The van der Waals surface area contributed by atoms with E-state index in [9.17, 15) is 24.3 Å². The molecule has 0 aromatic heterocycles. The highest BCUT2D eigenvalue weighted by atomic mass is 16.5. The van der Waals surface area contributed by atoms with Crippen molar-refractivity contribution in [2.45, 2.75) is 44.8 Å². The van der Waals surface area contributed by atoms with E-state index in [0.717, 1.165) is 10.5 Å². The molecule has 1 heterocycles. The van der Waals surface area contributed by atoms with E-state index in [-0.39, 0.29) is 13.2 Å². The maximum Gasteiger partial charge on any atom is 0.328 e. The minimum Gasteiger partial charge on any atom is -0.480 e. The lowest BCUT2D eigenvalue weighted by Crippen LogP contribution is -2.54. The molecule has 2 N–H and O–H groups in total. The summed E-state index contributed by atoms with van der Waals surface area (Å²) in [5.74, 6) is -2.45. The number of aryl methyl sites for hydroxylation is 1. The number of ether oxygens (including phenoxy) is 1. The van der Waals surface area contributed by atoms with Gasteiger partial charge in [-0.15, -0.1) is 0 Å². The Morgan fingerprint density at radius 2 is 1.93 bits per heavy atom. The van der Waals surface area contributed by atoms with Crippen molar-refractivity contribution >= 4 is 23.9 Å². The van der Waals surface area contributed by atoms with Crippen LogP contribution in [0.2, 0.25) is 0 Å². The summed E-state index contributed by atoms with van der Waals surface area (Å²) in [4.78, 5) is 50.8. The second kappa shape index (κ2) is 10.0. The molecular formula is C20H27N3O6. The number of amides is 3. The number of hydrogen-bond acceptors (Lipinski definition) is 6. The van der Waals surface area contributed by atoms with Crippen LogP contribution in [-0.2, 0) is 25.5 Å². The number of urea groups is 1. The first kappa shape index (κ1) is 22.4. The molecule has 1 aromatic rings. The van der Waals surface area contributed by atoms with Crippen molar-refractivity contribution in [2.75, 3.05) is 20.2 Å². The molecule has 9 nitrogen and oxygen atoms in total. The van der Waals surface area contributed by atoms with Gasteiger partial charge in [0.15, 0.2) is 6.04 Å². The first-order valence-electron chi connectivity index (χ1n) is 9.53. The number of carbonyl (C=O) groups excluding carboxylic acids is 3. The average Bonchev–Trinajstić information content (AvgIpc) is 3.00. The summed E-state index contributed by atoms with van der Waals surface area (Å²) in [7, 11) is 1.44. The van der Waals surface area contributed by atoms with Crippen LogP contribution in [0.4, 0.5) is 4.79 Å². The van der Waals surface area contributed by atoms with Gasteiger partial charge in [0.1, 0.15) is 6.04 Å². The Morgan fingerprint density at radius 3 is 2.52 bits per heavy atom. The van der Waals surface area contributed by atoms with E-state index < -0.39 is 42.0 Å². The van der Waals surface area contributed by atoms with Gasteiger partial charge in [-0.25, -0.2) is 14.5 Å². The number of carboxylic acids is 1. The molecule has 1 aromatic carbocycles. The summed E-state index contributed by atoms with van der Waals surface area (Å²) in [5, 5.41) is 12.2. The fourth-order valence-corrected chi connectivity index (χ4v) is 3.22. The van der Waals surface area contributed by atoms with Crippen molar-refractivity contribution in [2.24, 2.45) is 0 Å². The van der Waals surface area contributed by atoms with Crippen molar-refractivity contribution in [1.29, 1.82) is 0 Å². The molecule has 0 saturated carbocycles. The highest BCUT2D eigenvalue weighted by Gasteiger charge is 2.45. The third-order valence-corrected chi connectivity index (χ3v) is 4.77. The third-order valence-electron chi connectivity index (χ3n) is 4.77.